The molecule has 3 aromatic rings. The number of nitrogens with one attached hydrogen (secondary N) is 1. The van der Waals surface area contributed by atoms with E-state index in [1.165, 1.54) is 11.3 Å². The number of ether oxygens (including phenoxy) is 1. The van der Waals surface area contributed by atoms with Crippen molar-refractivity contribution in [1.29, 1.82) is 0 Å². The van der Waals surface area contributed by atoms with Crippen molar-refractivity contribution < 1.29 is 14.6 Å². The molecule has 0 saturated heterocycles. The summed E-state index contributed by atoms with van der Waals surface area (Å²) >= 11 is 1.40. The van der Waals surface area contributed by atoms with Gasteiger partial charge in [0, 0.05) is 0 Å². The number of nitrogens with zero attached hydrogens (tertiary/aromatic N) is 1. The molecule has 0 aliphatic heterocycles. The number of aromatic amines is 1. The highest BCUT2D eigenvalue weighted by Crippen LogP contribution is 2.16. The molecule has 6 nitrogen and oxygen atoms in total. The van der Waals surface area contributed by atoms with Gasteiger partial charge in [-0.1, -0.05) is 12.1 Å². The van der Waals surface area contributed by atoms with Gasteiger partial charge >= 0.3 is 5.97 Å². The van der Waals surface area contributed by atoms with Crippen LogP contribution in [0.3, 0.4) is 0 Å². The smallest absolute Gasteiger partial charge is 0.307 e. The van der Waals surface area contributed by atoms with Crippen LogP contribution < -0.4 is 10.3 Å². The normalized spacial score (nSPS) is 10.7. The molecule has 0 aliphatic rings. The zero-order valence-corrected chi connectivity index (χ0v) is 12.2. The van der Waals surface area contributed by atoms with E-state index in [1.54, 1.807) is 30.3 Å². The molecule has 0 aliphatic carbocycles. The minimum absolute atomic E-state index is 0.0236. The minimum Gasteiger partial charge on any atom is -0.486 e. The van der Waals surface area contributed by atoms with Crippen LogP contribution in [0.1, 0.15) is 11.4 Å². The van der Waals surface area contributed by atoms with Crippen LogP contribution in [-0.4, -0.2) is 21.0 Å². The fraction of sp³-hybridized carbons (Fsp3) is 0.133. The van der Waals surface area contributed by atoms with E-state index in [0.717, 1.165) is 0 Å². The maximum Gasteiger partial charge on any atom is 0.307 e. The van der Waals surface area contributed by atoms with Crippen LogP contribution in [0.25, 0.3) is 10.2 Å². The van der Waals surface area contributed by atoms with Crippen LogP contribution in [0.15, 0.2) is 40.5 Å². The third kappa shape index (κ3) is 3.15. The number of H-pyrrole nitrogens is 1. The predicted octanol–water partition coefficient (Wildman–Crippen LogP) is 2.19. The molecular weight excluding hydrogens is 304 g/mol. The molecule has 7 heteroatoms. The SMILES string of the molecule is O=C(O)Cc1ccc(OCc2nc3sccc3c(=O)[nH]2)cc1. The lowest BCUT2D eigenvalue weighted by Crippen LogP contribution is -2.12. The Bertz CT molecular complexity index is 867. The summed E-state index contributed by atoms with van der Waals surface area (Å²) in [6.45, 7) is 0.140. The van der Waals surface area contributed by atoms with Crippen molar-refractivity contribution in [1.82, 2.24) is 9.97 Å². The average Bonchev–Trinajstić information content (AvgIpc) is 2.95. The third-order valence-electron chi connectivity index (χ3n) is 3.04. The van der Waals surface area contributed by atoms with Crippen molar-refractivity contribution >= 4 is 27.5 Å². The first-order valence-electron chi connectivity index (χ1n) is 6.52. The number of carbonyl (C=O) groups is 1. The number of hydrogen-bond acceptors (Lipinski definition) is 5. The quantitative estimate of drug-likeness (QED) is 0.753. The van der Waals surface area contributed by atoms with Gasteiger partial charge in [-0.05, 0) is 29.1 Å². The molecule has 1 aromatic carbocycles. The highest BCUT2D eigenvalue weighted by Gasteiger charge is 2.06. The van der Waals surface area contributed by atoms with Crippen LogP contribution >= 0.6 is 11.3 Å². The Balaban J connectivity index is 1.70. The first-order chi connectivity index (χ1) is 10.6. The largest absolute Gasteiger partial charge is 0.486 e. The number of carboxylic acids is 1. The molecule has 22 heavy (non-hydrogen) atoms. The topological polar surface area (TPSA) is 92.3 Å². The van der Waals surface area contributed by atoms with Crippen LogP contribution in [0.2, 0.25) is 0 Å². The Morgan fingerprint density at radius 3 is 2.77 bits per heavy atom. The van der Waals surface area contributed by atoms with Gasteiger partial charge in [0.2, 0.25) is 0 Å². The number of fused-ring (bicyclic) bond motifs is 1. The minimum atomic E-state index is -0.875. The first-order valence-corrected chi connectivity index (χ1v) is 7.40. The van der Waals surface area contributed by atoms with E-state index in [9.17, 15) is 9.59 Å². The van der Waals surface area contributed by atoms with Gasteiger partial charge in [0.1, 0.15) is 23.0 Å². The first kappa shape index (κ1) is 14.3. The second-order valence-corrected chi connectivity index (χ2v) is 5.55. The number of aromatic nitrogens is 2. The number of aliphatic carboxylic acids is 1. The van der Waals surface area contributed by atoms with E-state index in [-0.39, 0.29) is 18.6 Å². The fourth-order valence-electron chi connectivity index (χ4n) is 2.01. The van der Waals surface area contributed by atoms with Crippen molar-refractivity contribution in [2.45, 2.75) is 13.0 Å². The van der Waals surface area contributed by atoms with Gasteiger partial charge in [0.15, 0.2) is 0 Å². The van der Waals surface area contributed by atoms with Gasteiger partial charge in [-0.25, -0.2) is 4.98 Å². The average molecular weight is 316 g/mol. The summed E-state index contributed by atoms with van der Waals surface area (Å²) in [5, 5.41) is 11.1. The molecule has 0 atom stereocenters. The lowest BCUT2D eigenvalue weighted by Gasteiger charge is -2.06. The van der Waals surface area contributed by atoms with Crippen LogP contribution in [-0.2, 0) is 17.8 Å². The highest BCUT2D eigenvalue weighted by molar-refractivity contribution is 7.16. The molecule has 0 spiro atoms. The van der Waals surface area contributed by atoms with Gasteiger partial charge in [0.05, 0.1) is 11.8 Å². The Morgan fingerprint density at radius 2 is 2.05 bits per heavy atom. The van der Waals surface area contributed by atoms with Gasteiger partial charge in [-0.15, -0.1) is 11.3 Å². The number of thiophene rings is 1. The maximum absolute atomic E-state index is 11.8. The lowest BCUT2D eigenvalue weighted by molar-refractivity contribution is -0.136. The van der Waals surface area contributed by atoms with Crippen LogP contribution in [0, 0.1) is 0 Å². The van der Waals surface area contributed by atoms with E-state index in [2.05, 4.69) is 9.97 Å². The van der Waals surface area contributed by atoms with Gasteiger partial charge < -0.3 is 14.8 Å². The summed E-state index contributed by atoms with van der Waals surface area (Å²) < 4.78 is 5.56. The number of benzene rings is 1. The summed E-state index contributed by atoms with van der Waals surface area (Å²) in [6, 6.07) is 8.52. The Labute approximate surface area is 129 Å². The van der Waals surface area contributed by atoms with Gasteiger partial charge in [-0.3, -0.25) is 9.59 Å². The molecular formula is C15H12N2O4S. The van der Waals surface area contributed by atoms with Gasteiger partial charge in [0.25, 0.3) is 5.56 Å². The standard InChI is InChI=1S/C15H12N2O4S/c18-13(19)7-9-1-3-10(4-2-9)21-8-12-16-14(20)11-5-6-22-15(11)17-12/h1-6H,7-8H2,(H,18,19)(H,16,17,20). The van der Waals surface area contributed by atoms with E-state index >= 15 is 0 Å². The summed E-state index contributed by atoms with van der Waals surface area (Å²) in [7, 11) is 0. The molecule has 0 radical (unpaired) electrons. The summed E-state index contributed by atoms with van der Waals surface area (Å²) in [6.07, 6.45) is -0.0236. The van der Waals surface area contributed by atoms with E-state index in [4.69, 9.17) is 9.84 Å². The number of hydrogen-bond donors (Lipinski definition) is 2. The molecule has 3 rings (SSSR count). The van der Waals surface area contributed by atoms with Crippen molar-refractivity contribution in [2.75, 3.05) is 0 Å². The van der Waals surface area contributed by atoms with E-state index < -0.39 is 5.97 Å². The van der Waals surface area contributed by atoms with Crippen LogP contribution in [0.5, 0.6) is 5.75 Å². The van der Waals surface area contributed by atoms with Crippen molar-refractivity contribution in [3.63, 3.8) is 0 Å². The maximum atomic E-state index is 11.8. The molecule has 112 valence electrons. The third-order valence-corrected chi connectivity index (χ3v) is 3.84. The summed E-state index contributed by atoms with van der Waals surface area (Å²) in [4.78, 5) is 30.1. The van der Waals surface area contributed by atoms with Crippen molar-refractivity contribution in [2.24, 2.45) is 0 Å². The molecule has 0 unspecified atom stereocenters. The molecule has 0 bridgehead atoms. The second-order valence-electron chi connectivity index (χ2n) is 4.66. The zero-order valence-electron chi connectivity index (χ0n) is 11.4. The Hall–Kier alpha value is -2.67. The second kappa shape index (κ2) is 5.98. The Kier molecular flexibility index (Phi) is 3.88. The molecule has 2 N–H and O–H groups in total. The van der Waals surface area contributed by atoms with Crippen molar-refractivity contribution in [3.05, 3.63) is 57.5 Å². The summed E-state index contributed by atoms with van der Waals surface area (Å²) in [5.41, 5.74) is 0.521. The number of carboxylic acid groups (broad SMARTS) is 1. The highest BCUT2D eigenvalue weighted by atomic mass is 32.1. The van der Waals surface area contributed by atoms with Crippen LogP contribution in [0.4, 0.5) is 0 Å². The fourth-order valence-corrected chi connectivity index (χ4v) is 2.79. The van der Waals surface area contributed by atoms with Gasteiger partial charge in [-0.2, -0.15) is 0 Å². The molecule has 0 amide bonds. The van der Waals surface area contributed by atoms with E-state index in [0.29, 0.717) is 27.4 Å². The summed E-state index contributed by atoms with van der Waals surface area (Å²) in [5.74, 6) is 0.164. The van der Waals surface area contributed by atoms with Crippen molar-refractivity contribution in [3.8, 4) is 5.75 Å². The zero-order chi connectivity index (χ0) is 15.5. The monoisotopic (exact) mass is 316 g/mol. The molecule has 0 fully saturated rings. The molecule has 2 aromatic heterocycles. The van der Waals surface area contributed by atoms with E-state index in [1.807, 2.05) is 5.38 Å². The predicted molar refractivity (Wildman–Crippen MR) is 82.4 cm³/mol. The lowest BCUT2D eigenvalue weighted by atomic mass is 10.1. The molecule has 0 saturated carbocycles. The number of rotatable bonds is 5. The Morgan fingerprint density at radius 1 is 1.27 bits per heavy atom. The molecule has 2 heterocycles.